The third-order valence-corrected chi connectivity index (χ3v) is 5.25. The van der Waals surface area contributed by atoms with Crippen LogP contribution in [0.2, 0.25) is 0 Å². The van der Waals surface area contributed by atoms with Crippen molar-refractivity contribution < 1.29 is 23.5 Å². The van der Waals surface area contributed by atoms with Gasteiger partial charge in [0.05, 0.1) is 7.11 Å². The molecule has 1 saturated heterocycles. The first kappa shape index (κ1) is 26.8. The predicted octanol–water partition coefficient (Wildman–Crippen LogP) is 2.69. The summed E-state index contributed by atoms with van der Waals surface area (Å²) in [5, 5.41) is 2.82. The Kier molecular flexibility index (Phi) is 11.5. The van der Waals surface area contributed by atoms with Crippen molar-refractivity contribution in [1.82, 2.24) is 5.32 Å². The molecule has 0 radical (unpaired) electrons. The molecule has 2 aromatic carbocycles. The highest BCUT2D eigenvalue weighted by atomic mass is 19.1. The van der Waals surface area contributed by atoms with Gasteiger partial charge in [0.1, 0.15) is 0 Å². The maximum Gasteiger partial charge on any atom is 0.249 e. The largest absolute Gasteiger partial charge is 0.494 e. The van der Waals surface area contributed by atoms with Gasteiger partial charge in [0.15, 0.2) is 17.5 Å². The van der Waals surface area contributed by atoms with Gasteiger partial charge in [0.2, 0.25) is 11.8 Å². The number of guanidine groups is 1. The van der Waals surface area contributed by atoms with Crippen molar-refractivity contribution in [3.05, 3.63) is 65.5 Å². The average Bonchev–Trinajstić information content (AvgIpc) is 2.83. The summed E-state index contributed by atoms with van der Waals surface area (Å²) in [7, 11) is 1.42. The minimum Gasteiger partial charge on any atom is -0.494 e. The maximum atomic E-state index is 13.3. The minimum atomic E-state index is -0.406. The van der Waals surface area contributed by atoms with Gasteiger partial charge in [0, 0.05) is 32.6 Å². The Labute approximate surface area is 199 Å². The third-order valence-electron chi connectivity index (χ3n) is 5.25. The average molecular weight is 473 g/mol. The number of hydrogen-bond donors (Lipinski definition) is 3. The number of amides is 2. The zero-order valence-electron chi connectivity index (χ0n) is 19.5. The number of carbonyl (C=O) groups excluding carboxylic acids is 2. The van der Waals surface area contributed by atoms with E-state index in [4.69, 9.17) is 20.9 Å². The molecule has 0 aliphatic carbocycles. The lowest BCUT2D eigenvalue weighted by Gasteiger charge is -2.20. The molecule has 1 aliphatic heterocycles. The summed E-state index contributed by atoms with van der Waals surface area (Å²) in [6, 6.07) is 14.4. The number of nitrogens with zero attached hydrogens (tertiary/aromatic N) is 1. The van der Waals surface area contributed by atoms with Crippen molar-refractivity contribution in [2.24, 2.45) is 22.4 Å². The van der Waals surface area contributed by atoms with Gasteiger partial charge in [-0.2, -0.15) is 4.99 Å². The number of rotatable bonds is 8. The maximum absolute atomic E-state index is 13.3. The van der Waals surface area contributed by atoms with Gasteiger partial charge in [-0.1, -0.05) is 36.4 Å². The highest BCUT2D eigenvalue weighted by Gasteiger charge is 2.17. The summed E-state index contributed by atoms with van der Waals surface area (Å²) < 4.78 is 23.3. The van der Waals surface area contributed by atoms with E-state index in [1.165, 1.54) is 13.2 Å². The Bertz CT molecular complexity index is 943. The van der Waals surface area contributed by atoms with Crippen LogP contribution in [0.1, 0.15) is 36.8 Å². The number of aryl methyl sites for hydroxylation is 1. The number of ether oxygens (including phenoxy) is 2. The lowest BCUT2D eigenvalue weighted by molar-refractivity contribution is -0.121. The van der Waals surface area contributed by atoms with Crippen molar-refractivity contribution in [3.63, 3.8) is 0 Å². The monoisotopic (exact) mass is 472 g/mol. The second-order valence-corrected chi connectivity index (χ2v) is 7.92. The number of hydrogen-bond acceptors (Lipinski definition) is 4. The number of methoxy groups -OCH3 is 1. The Balaban J connectivity index is 0.000000270. The van der Waals surface area contributed by atoms with Gasteiger partial charge in [0.25, 0.3) is 0 Å². The van der Waals surface area contributed by atoms with Gasteiger partial charge in [-0.25, -0.2) is 4.39 Å². The zero-order chi connectivity index (χ0) is 24.8. The molecule has 34 heavy (non-hydrogen) atoms. The van der Waals surface area contributed by atoms with E-state index in [2.05, 4.69) is 10.3 Å². The molecule has 0 bridgehead atoms. The lowest BCUT2D eigenvalue weighted by Crippen LogP contribution is -2.25. The quantitative estimate of drug-likeness (QED) is 0.400. The van der Waals surface area contributed by atoms with Gasteiger partial charge in [-0.15, -0.1) is 0 Å². The molecule has 1 aliphatic rings. The summed E-state index contributed by atoms with van der Waals surface area (Å²) in [5.41, 5.74) is 12.1. The smallest absolute Gasteiger partial charge is 0.249 e. The van der Waals surface area contributed by atoms with Crippen LogP contribution in [0.25, 0.3) is 0 Å². The molecule has 0 atom stereocenters. The molecule has 0 aromatic heterocycles. The fourth-order valence-electron chi connectivity index (χ4n) is 3.39. The highest BCUT2D eigenvalue weighted by Crippen LogP contribution is 2.19. The molecule has 2 aromatic rings. The topological polar surface area (TPSA) is 129 Å². The molecule has 2 amide bonds. The molecule has 3 rings (SSSR count). The van der Waals surface area contributed by atoms with E-state index < -0.39 is 5.82 Å². The highest BCUT2D eigenvalue weighted by molar-refractivity contribution is 5.91. The Hall–Kier alpha value is -3.46. The molecule has 1 fully saturated rings. The Morgan fingerprint density at radius 2 is 1.82 bits per heavy atom. The fraction of sp³-hybridized carbons (Fsp3) is 0.400. The molecular weight excluding hydrogens is 439 g/mol. The Morgan fingerprint density at radius 3 is 2.47 bits per heavy atom. The van der Waals surface area contributed by atoms with Crippen LogP contribution in [0.5, 0.6) is 5.75 Å². The number of nitrogens with two attached hydrogens (primary N) is 2. The van der Waals surface area contributed by atoms with Gasteiger partial charge in [-0.05, 0) is 48.4 Å². The van der Waals surface area contributed by atoms with Crippen molar-refractivity contribution in [3.8, 4) is 5.75 Å². The van der Waals surface area contributed by atoms with E-state index >= 15 is 0 Å². The van der Waals surface area contributed by atoms with Crippen LogP contribution in [0.4, 0.5) is 4.39 Å². The number of nitrogens with one attached hydrogen (secondary N) is 1. The summed E-state index contributed by atoms with van der Waals surface area (Å²) >= 11 is 0. The van der Waals surface area contributed by atoms with Crippen LogP contribution < -0.4 is 21.5 Å². The molecule has 0 unspecified atom stereocenters. The van der Waals surface area contributed by atoms with E-state index in [1.807, 2.05) is 30.3 Å². The van der Waals surface area contributed by atoms with Crippen molar-refractivity contribution in [2.45, 2.75) is 38.6 Å². The van der Waals surface area contributed by atoms with Gasteiger partial charge < -0.3 is 26.3 Å². The third kappa shape index (κ3) is 10.4. The molecule has 0 saturated carbocycles. The van der Waals surface area contributed by atoms with Gasteiger partial charge in [-0.3, -0.25) is 9.59 Å². The van der Waals surface area contributed by atoms with Crippen LogP contribution in [-0.4, -0.2) is 38.1 Å². The lowest BCUT2D eigenvalue weighted by atomic mass is 9.96. The number of carbonyl (C=O) groups is 2. The number of halogens is 1. The standard InChI is InChI=1S/C17H18FNO2.C8H15N3O2/c1-21-16-11-14(7-9-15(16)18)12-19-17(20)10-8-13-5-3-2-4-6-13;9-8(10)11-7(12)5-6-1-3-13-4-2-6/h2-7,9,11H,8,10,12H2,1H3,(H,19,20);6H,1-5H2,(H4,9,10,11,12). The first-order valence-electron chi connectivity index (χ1n) is 11.2. The van der Waals surface area contributed by atoms with Crippen LogP contribution in [0, 0.1) is 11.7 Å². The summed E-state index contributed by atoms with van der Waals surface area (Å²) in [5.74, 6) is -0.252. The van der Waals surface area contributed by atoms with Gasteiger partial charge >= 0.3 is 0 Å². The minimum absolute atomic E-state index is 0.0258. The molecule has 5 N–H and O–H groups in total. The van der Waals surface area contributed by atoms with E-state index in [9.17, 15) is 14.0 Å². The summed E-state index contributed by atoms with van der Waals surface area (Å²) in [4.78, 5) is 26.4. The number of benzene rings is 2. The first-order chi connectivity index (χ1) is 16.4. The first-order valence-corrected chi connectivity index (χ1v) is 11.2. The molecule has 9 heteroatoms. The molecule has 0 spiro atoms. The zero-order valence-corrected chi connectivity index (χ0v) is 19.5. The van der Waals surface area contributed by atoms with E-state index in [-0.39, 0.29) is 23.5 Å². The van der Waals surface area contributed by atoms with Crippen LogP contribution >= 0.6 is 0 Å². The van der Waals surface area contributed by atoms with E-state index in [0.29, 0.717) is 31.7 Å². The SMILES string of the molecule is COc1cc(CNC(=O)CCc2ccccc2)ccc1F.NC(N)=NC(=O)CC1CCOCC1. The fourth-order valence-corrected chi connectivity index (χ4v) is 3.39. The van der Waals surface area contributed by atoms with Crippen molar-refractivity contribution >= 4 is 17.8 Å². The molecule has 184 valence electrons. The molecule has 1 heterocycles. The normalized spacial score (nSPS) is 13.2. The second-order valence-electron chi connectivity index (χ2n) is 7.92. The van der Waals surface area contributed by atoms with E-state index in [1.54, 1.807) is 12.1 Å². The van der Waals surface area contributed by atoms with Crippen molar-refractivity contribution in [2.75, 3.05) is 20.3 Å². The number of aliphatic imine (C=N–C) groups is 1. The Morgan fingerprint density at radius 1 is 1.12 bits per heavy atom. The van der Waals surface area contributed by atoms with Crippen LogP contribution in [-0.2, 0) is 27.3 Å². The predicted molar refractivity (Wildman–Crippen MR) is 129 cm³/mol. The molecular formula is C25H33FN4O4. The van der Waals surface area contributed by atoms with Crippen molar-refractivity contribution in [1.29, 1.82) is 0 Å². The summed E-state index contributed by atoms with van der Waals surface area (Å²) in [6.07, 6.45) is 3.42. The molecule has 8 nitrogen and oxygen atoms in total. The van der Waals surface area contributed by atoms with E-state index in [0.717, 1.165) is 37.2 Å². The van der Waals surface area contributed by atoms with Crippen LogP contribution in [0.15, 0.2) is 53.5 Å². The van der Waals surface area contributed by atoms with Crippen LogP contribution in [0.3, 0.4) is 0 Å². The summed E-state index contributed by atoms with van der Waals surface area (Å²) in [6.45, 7) is 1.84. The second kappa shape index (κ2) is 14.6.